The van der Waals surface area contributed by atoms with Crippen LogP contribution < -0.4 is 5.43 Å². The van der Waals surface area contributed by atoms with Crippen LogP contribution in [0.5, 0.6) is 0 Å². The molecule has 0 atom stereocenters. The lowest BCUT2D eigenvalue weighted by Gasteiger charge is -2.07. The number of halogens is 1. The summed E-state index contributed by atoms with van der Waals surface area (Å²) in [6.45, 7) is 3.72. The van der Waals surface area contributed by atoms with E-state index in [-0.39, 0.29) is 5.43 Å². The number of benzene rings is 2. The zero-order valence-corrected chi connectivity index (χ0v) is 11.4. The molecule has 0 unspecified atom stereocenters. The number of para-hydroxylation sites is 1. The maximum absolute atomic E-state index is 12.7. The molecular formula is C17H11ClO2. The first-order chi connectivity index (χ1) is 9.70. The van der Waals surface area contributed by atoms with E-state index in [4.69, 9.17) is 16.0 Å². The second kappa shape index (κ2) is 4.99. The van der Waals surface area contributed by atoms with Gasteiger partial charge in [0.25, 0.3) is 0 Å². The van der Waals surface area contributed by atoms with Gasteiger partial charge in [-0.25, -0.2) is 0 Å². The van der Waals surface area contributed by atoms with Crippen molar-refractivity contribution < 1.29 is 4.42 Å². The maximum atomic E-state index is 12.7. The molecule has 0 radical (unpaired) electrons. The Balaban J connectivity index is 2.39. The van der Waals surface area contributed by atoms with Gasteiger partial charge in [0.1, 0.15) is 11.3 Å². The SMILES string of the molecule is C=Cc1oc2ccccc2c(=O)c1-c1ccc(Cl)cc1. The summed E-state index contributed by atoms with van der Waals surface area (Å²) in [5.74, 6) is 0.469. The van der Waals surface area contributed by atoms with E-state index in [1.807, 2.05) is 12.1 Å². The van der Waals surface area contributed by atoms with E-state index in [1.165, 1.54) is 0 Å². The van der Waals surface area contributed by atoms with Crippen LogP contribution in [0.4, 0.5) is 0 Å². The van der Waals surface area contributed by atoms with E-state index in [1.54, 1.807) is 42.5 Å². The average molecular weight is 283 g/mol. The standard InChI is InChI=1S/C17H11ClO2/c1-2-14-16(11-7-9-12(18)10-8-11)17(19)13-5-3-4-6-15(13)20-14/h2-10H,1H2. The van der Waals surface area contributed by atoms with Crippen LogP contribution in [0, 0.1) is 0 Å². The van der Waals surface area contributed by atoms with Crippen molar-refractivity contribution in [2.24, 2.45) is 0 Å². The monoisotopic (exact) mass is 282 g/mol. The smallest absolute Gasteiger partial charge is 0.201 e. The fourth-order valence-electron chi connectivity index (χ4n) is 2.19. The molecule has 0 spiro atoms. The van der Waals surface area contributed by atoms with Gasteiger partial charge in [-0.1, -0.05) is 42.4 Å². The molecule has 0 saturated carbocycles. The van der Waals surface area contributed by atoms with Crippen molar-refractivity contribution >= 4 is 28.6 Å². The van der Waals surface area contributed by atoms with Gasteiger partial charge in [-0.3, -0.25) is 4.79 Å². The topological polar surface area (TPSA) is 30.2 Å². The van der Waals surface area contributed by atoms with E-state index < -0.39 is 0 Å². The van der Waals surface area contributed by atoms with Gasteiger partial charge >= 0.3 is 0 Å². The molecule has 3 aromatic rings. The zero-order chi connectivity index (χ0) is 14.1. The minimum Gasteiger partial charge on any atom is -0.456 e. The van der Waals surface area contributed by atoms with Crippen LogP contribution in [0.1, 0.15) is 5.76 Å². The van der Waals surface area contributed by atoms with Crippen molar-refractivity contribution in [1.82, 2.24) is 0 Å². The number of fused-ring (bicyclic) bond motifs is 1. The van der Waals surface area contributed by atoms with Gasteiger partial charge in [-0.2, -0.15) is 0 Å². The van der Waals surface area contributed by atoms with Crippen LogP contribution in [0.25, 0.3) is 28.2 Å². The molecule has 1 heterocycles. The highest BCUT2D eigenvalue weighted by Gasteiger charge is 2.13. The van der Waals surface area contributed by atoms with Crippen molar-refractivity contribution in [2.45, 2.75) is 0 Å². The second-order valence-corrected chi connectivity index (χ2v) is 4.81. The molecule has 0 amide bonds. The highest BCUT2D eigenvalue weighted by Crippen LogP contribution is 2.26. The molecule has 2 nitrogen and oxygen atoms in total. The summed E-state index contributed by atoms with van der Waals surface area (Å²) in [6.07, 6.45) is 1.55. The van der Waals surface area contributed by atoms with Crippen LogP contribution in [0.2, 0.25) is 5.02 Å². The first-order valence-electron chi connectivity index (χ1n) is 6.15. The normalized spacial score (nSPS) is 10.7. The van der Waals surface area contributed by atoms with Crippen molar-refractivity contribution in [3.63, 3.8) is 0 Å². The Labute approximate surface area is 120 Å². The van der Waals surface area contributed by atoms with Gasteiger partial charge in [0, 0.05) is 5.02 Å². The third-order valence-corrected chi connectivity index (χ3v) is 3.40. The average Bonchev–Trinajstić information content (AvgIpc) is 2.48. The molecular weight excluding hydrogens is 272 g/mol. The Hall–Kier alpha value is -2.32. The lowest BCUT2D eigenvalue weighted by Crippen LogP contribution is -2.07. The molecule has 0 N–H and O–H groups in total. The number of rotatable bonds is 2. The van der Waals surface area contributed by atoms with Crippen molar-refractivity contribution in [3.8, 4) is 11.1 Å². The highest BCUT2D eigenvalue weighted by atomic mass is 35.5. The molecule has 1 aromatic heterocycles. The summed E-state index contributed by atoms with van der Waals surface area (Å²) in [5.41, 5.74) is 1.77. The third-order valence-electron chi connectivity index (χ3n) is 3.14. The second-order valence-electron chi connectivity index (χ2n) is 4.38. The van der Waals surface area contributed by atoms with Gasteiger partial charge in [-0.05, 0) is 35.9 Å². The van der Waals surface area contributed by atoms with Crippen LogP contribution in [-0.4, -0.2) is 0 Å². The highest BCUT2D eigenvalue weighted by molar-refractivity contribution is 6.30. The molecule has 3 rings (SSSR count). The Morgan fingerprint density at radius 1 is 1.05 bits per heavy atom. The summed E-state index contributed by atoms with van der Waals surface area (Å²) in [6, 6.07) is 14.3. The first kappa shape index (κ1) is 12.7. The quantitative estimate of drug-likeness (QED) is 0.678. The van der Waals surface area contributed by atoms with Gasteiger partial charge in [0.15, 0.2) is 0 Å². The van der Waals surface area contributed by atoms with E-state index in [0.717, 1.165) is 5.56 Å². The molecule has 0 bridgehead atoms. The summed E-state index contributed by atoms with van der Waals surface area (Å²) >= 11 is 5.89. The predicted octanol–water partition coefficient (Wildman–Crippen LogP) is 4.76. The van der Waals surface area contributed by atoms with E-state index in [0.29, 0.717) is 27.3 Å². The Bertz CT molecular complexity index is 845. The van der Waals surface area contributed by atoms with Crippen LogP contribution >= 0.6 is 11.6 Å². The van der Waals surface area contributed by atoms with Gasteiger partial charge in [-0.15, -0.1) is 0 Å². The minimum atomic E-state index is -0.0657. The van der Waals surface area contributed by atoms with Crippen molar-refractivity contribution in [3.05, 3.63) is 76.1 Å². The molecule has 3 heteroatoms. The number of hydrogen-bond acceptors (Lipinski definition) is 2. The predicted molar refractivity (Wildman–Crippen MR) is 83.0 cm³/mol. The van der Waals surface area contributed by atoms with Crippen molar-refractivity contribution in [1.29, 1.82) is 0 Å². The Kier molecular flexibility index (Phi) is 3.17. The zero-order valence-electron chi connectivity index (χ0n) is 10.6. The minimum absolute atomic E-state index is 0.0657. The van der Waals surface area contributed by atoms with Crippen LogP contribution in [0.15, 0.2) is 64.3 Å². The Morgan fingerprint density at radius 2 is 1.75 bits per heavy atom. The Morgan fingerprint density at radius 3 is 2.45 bits per heavy atom. The summed E-state index contributed by atoms with van der Waals surface area (Å²) in [5, 5.41) is 1.18. The van der Waals surface area contributed by atoms with Gasteiger partial charge in [0.2, 0.25) is 5.43 Å². The first-order valence-corrected chi connectivity index (χ1v) is 6.52. The third kappa shape index (κ3) is 2.04. The summed E-state index contributed by atoms with van der Waals surface area (Å²) < 4.78 is 5.76. The summed E-state index contributed by atoms with van der Waals surface area (Å²) in [7, 11) is 0. The molecule has 0 saturated heterocycles. The van der Waals surface area contributed by atoms with Crippen LogP contribution in [-0.2, 0) is 0 Å². The van der Waals surface area contributed by atoms with Crippen LogP contribution in [0.3, 0.4) is 0 Å². The van der Waals surface area contributed by atoms with E-state index in [2.05, 4.69) is 6.58 Å². The fourth-order valence-corrected chi connectivity index (χ4v) is 2.32. The molecule has 0 aliphatic rings. The fraction of sp³-hybridized carbons (Fsp3) is 0. The molecule has 2 aromatic carbocycles. The van der Waals surface area contributed by atoms with Gasteiger partial charge in [0.05, 0.1) is 10.9 Å². The van der Waals surface area contributed by atoms with Gasteiger partial charge < -0.3 is 4.42 Å². The largest absolute Gasteiger partial charge is 0.456 e. The molecule has 0 aliphatic carbocycles. The lowest BCUT2D eigenvalue weighted by molar-refractivity contribution is 0.593. The molecule has 20 heavy (non-hydrogen) atoms. The number of hydrogen-bond donors (Lipinski definition) is 0. The molecule has 0 aliphatic heterocycles. The van der Waals surface area contributed by atoms with E-state index >= 15 is 0 Å². The molecule has 98 valence electrons. The van der Waals surface area contributed by atoms with Crippen molar-refractivity contribution in [2.75, 3.05) is 0 Å². The molecule has 0 fully saturated rings. The maximum Gasteiger partial charge on any atom is 0.201 e. The summed E-state index contributed by atoms with van der Waals surface area (Å²) in [4.78, 5) is 12.7. The van der Waals surface area contributed by atoms with E-state index in [9.17, 15) is 4.79 Å². The lowest BCUT2D eigenvalue weighted by atomic mass is 10.0.